The quantitative estimate of drug-likeness (QED) is 0.720. The van der Waals surface area contributed by atoms with Gasteiger partial charge in [0.1, 0.15) is 18.1 Å². The zero-order valence-corrected chi connectivity index (χ0v) is 12.0. The molecule has 2 aromatic heterocycles. The van der Waals surface area contributed by atoms with Crippen molar-refractivity contribution in [2.45, 2.75) is 19.9 Å². The number of rotatable bonds is 5. The second-order valence-corrected chi connectivity index (χ2v) is 4.57. The van der Waals surface area contributed by atoms with Crippen LogP contribution < -0.4 is 4.74 Å². The maximum absolute atomic E-state index is 5.31. The summed E-state index contributed by atoms with van der Waals surface area (Å²) >= 11 is 0. The van der Waals surface area contributed by atoms with Crippen molar-refractivity contribution in [2.24, 2.45) is 0 Å². The molecule has 0 amide bonds. The van der Waals surface area contributed by atoms with Crippen molar-refractivity contribution in [2.75, 3.05) is 7.11 Å². The van der Waals surface area contributed by atoms with E-state index in [-0.39, 0.29) is 0 Å². The van der Waals surface area contributed by atoms with Gasteiger partial charge in [-0.05, 0) is 12.1 Å². The van der Waals surface area contributed by atoms with Gasteiger partial charge in [0.15, 0.2) is 0 Å². The molecule has 3 aromatic rings. The van der Waals surface area contributed by atoms with Gasteiger partial charge in [-0.2, -0.15) is 4.98 Å². The van der Waals surface area contributed by atoms with Crippen LogP contribution in [0, 0.1) is 0 Å². The molecule has 0 unspecified atom stereocenters. The first-order valence-corrected chi connectivity index (χ1v) is 6.77. The van der Waals surface area contributed by atoms with Crippen LogP contribution in [0.4, 0.5) is 0 Å². The Bertz CT molecular complexity index is 733. The first kappa shape index (κ1) is 13.4. The lowest BCUT2D eigenvalue weighted by Gasteiger charge is -2.01. The van der Waals surface area contributed by atoms with E-state index in [4.69, 9.17) is 9.26 Å². The molecule has 108 valence electrons. The van der Waals surface area contributed by atoms with Crippen LogP contribution in [-0.4, -0.2) is 26.8 Å². The van der Waals surface area contributed by atoms with Crippen molar-refractivity contribution in [3.63, 3.8) is 0 Å². The second-order valence-electron chi connectivity index (χ2n) is 4.57. The van der Waals surface area contributed by atoms with Crippen LogP contribution in [0.15, 0.2) is 41.2 Å². The summed E-state index contributed by atoms with van der Waals surface area (Å²) in [6, 6.07) is 7.58. The monoisotopic (exact) mass is 284 g/mol. The molecule has 6 nitrogen and oxygen atoms in total. The summed E-state index contributed by atoms with van der Waals surface area (Å²) < 4.78 is 12.5. The fourth-order valence-electron chi connectivity index (χ4n) is 2.14. The molecule has 1 aromatic carbocycles. The Morgan fingerprint density at radius 3 is 3.05 bits per heavy atom. The smallest absolute Gasteiger partial charge is 0.246 e. The summed E-state index contributed by atoms with van der Waals surface area (Å²) in [6.07, 6.45) is 4.55. The van der Waals surface area contributed by atoms with Gasteiger partial charge in [0, 0.05) is 24.4 Å². The first-order chi connectivity index (χ1) is 10.3. The highest BCUT2D eigenvalue weighted by atomic mass is 16.5. The Kier molecular flexibility index (Phi) is 3.68. The summed E-state index contributed by atoms with van der Waals surface area (Å²) in [6.45, 7) is 2.59. The van der Waals surface area contributed by atoms with E-state index in [2.05, 4.69) is 22.0 Å². The fourth-order valence-corrected chi connectivity index (χ4v) is 2.14. The first-order valence-electron chi connectivity index (χ1n) is 6.77. The molecule has 6 heteroatoms. The summed E-state index contributed by atoms with van der Waals surface area (Å²) in [5, 5.41) is 4.02. The summed E-state index contributed by atoms with van der Waals surface area (Å²) in [4.78, 5) is 8.70. The molecule has 0 radical (unpaired) electrons. The minimum Gasteiger partial charge on any atom is -0.497 e. The molecule has 0 N–H and O–H groups in total. The van der Waals surface area contributed by atoms with Crippen LogP contribution in [0.2, 0.25) is 0 Å². The molecule has 2 heterocycles. The van der Waals surface area contributed by atoms with Gasteiger partial charge in [-0.3, -0.25) is 0 Å². The minimum absolute atomic E-state index is 0.528. The molecule has 0 fully saturated rings. The molecular formula is C15H16N4O2. The van der Waals surface area contributed by atoms with Crippen molar-refractivity contribution in [1.29, 1.82) is 0 Å². The molecule has 0 saturated heterocycles. The van der Waals surface area contributed by atoms with Crippen LogP contribution in [-0.2, 0) is 13.0 Å². The summed E-state index contributed by atoms with van der Waals surface area (Å²) in [5.41, 5.74) is 0.866. The van der Waals surface area contributed by atoms with Crippen LogP contribution >= 0.6 is 0 Å². The highest BCUT2D eigenvalue weighted by Gasteiger charge is 2.11. The van der Waals surface area contributed by atoms with Gasteiger partial charge in [0.25, 0.3) is 0 Å². The average molecular weight is 284 g/mol. The SMILES string of the molecule is CCc1nccn1Cc1nc(-c2cccc(OC)c2)no1. The van der Waals surface area contributed by atoms with Crippen LogP contribution in [0.3, 0.4) is 0 Å². The van der Waals surface area contributed by atoms with E-state index in [9.17, 15) is 0 Å². The highest BCUT2D eigenvalue weighted by Crippen LogP contribution is 2.21. The number of nitrogens with zero attached hydrogens (tertiary/aromatic N) is 4. The van der Waals surface area contributed by atoms with Crippen LogP contribution in [0.25, 0.3) is 11.4 Å². The average Bonchev–Trinajstić information content (AvgIpc) is 3.17. The number of aryl methyl sites for hydroxylation is 1. The van der Waals surface area contributed by atoms with E-state index in [1.165, 1.54) is 0 Å². The number of methoxy groups -OCH3 is 1. The topological polar surface area (TPSA) is 66.0 Å². The third-order valence-corrected chi connectivity index (χ3v) is 3.22. The zero-order valence-electron chi connectivity index (χ0n) is 12.0. The van der Waals surface area contributed by atoms with Crippen molar-refractivity contribution in [3.8, 4) is 17.1 Å². The Labute approximate surface area is 122 Å². The van der Waals surface area contributed by atoms with E-state index in [1.807, 2.05) is 35.0 Å². The highest BCUT2D eigenvalue weighted by molar-refractivity contribution is 5.56. The number of hydrogen-bond donors (Lipinski definition) is 0. The van der Waals surface area contributed by atoms with Gasteiger partial charge in [0.05, 0.1) is 7.11 Å². The lowest BCUT2D eigenvalue weighted by Crippen LogP contribution is -2.03. The van der Waals surface area contributed by atoms with Gasteiger partial charge < -0.3 is 13.8 Å². The fraction of sp³-hybridized carbons (Fsp3) is 0.267. The van der Waals surface area contributed by atoms with Gasteiger partial charge in [-0.15, -0.1) is 0 Å². The second kappa shape index (κ2) is 5.78. The minimum atomic E-state index is 0.528. The molecule has 0 aliphatic rings. The lowest BCUT2D eigenvalue weighted by atomic mass is 10.2. The normalized spacial score (nSPS) is 10.8. The van der Waals surface area contributed by atoms with Gasteiger partial charge in [0.2, 0.25) is 11.7 Å². The van der Waals surface area contributed by atoms with E-state index in [0.717, 1.165) is 23.6 Å². The van der Waals surface area contributed by atoms with Crippen LogP contribution in [0.1, 0.15) is 18.6 Å². The van der Waals surface area contributed by atoms with E-state index < -0.39 is 0 Å². The van der Waals surface area contributed by atoms with Gasteiger partial charge >= 0.3 is 0 Å². The van der Waals surface area contributed by atoms with Crippen molar-refractivity contribution in [1.82, 2.24) is 19.7 Å². The van der Waals surface area contributed by atoms with E-state index in [0.29, 0.717) is 18.3 Å². The third kappa shape index (κ3) is 2.79. The molecule has 0 saturated carbocycles. The number of hydrogen-bond acceptors (Lipinski definition) is 5. The molecule has 0 atom stereocenters. The molecular weight excluding hydrogens is 268 g/mol. The van der Waals surface area contributed by atoms with Crippen LogP contribution in [0.5, 0.6) is 5.75 Å². The predicted octanol–water partition coefficient (Wildman–Crippen LogP) is 2.55. The van der Waals surface area contributed by atoms with Gasteiger partial charge in [-0.1, -0.05) is 24.2 Å². The summed E-state index contributed by atoms with van der Waals surface area (Å²) in [7, 11) is 1.63. The lowest BCUT2D eigenvalue weighted by molar-refractivity contribution is 0.370. The van der Waals surface area contributed by atoms with E-state index >= 15 is 0 Å². The third-order valence-electron chi connectivity index (χ3n) is 3.22. The maximum Gasteiger partial charge on any atom is 0.246 e. The Hall–Kier alpha value is -2.63. The molecule has 21 heavy (non-hydrogen) atoms. The molecule has 0 aliphatic heterocycles. The van der Waals surface area contributed by atoms with Gasteiger partial charge in [-0.25, -0.2) is 4.98 Å². The van der Waals surface area contributed by atoms with Crippen molar-refractivity contribution >= 4 is 0 Å². The van der Waals surface area contributed by atoms with Crippen molar-refractivity contribution in [3.05, 3.63) is 48.4 Å². The number of aromatic nitrogens is 4. The maximum atomic E-state index is 5.31. The Balaban J connectivity index is 1.83. The predicted molar refractivity (Wildman–Crippen MR) is 77.0 cm³/mol. The Morgan fingerprint density at radius 2 is 2.24 bits per heavy atom. The largest absolute Gasteiger partial charge is 0.497 e. The molecule has 0 bridgehead atoms. The van der Waals surface area contributed by atoms with Crippen molar-refractivity contribution < 1.29 is 9.26 Å². The Morgan fingerprint density at radius 1 is 1.33 bits per heavy atom. The zero-order chi connectivity index (χ0) is 14.7. The summed E-state index contributed by atoms with van der Waals surface area (Å²) in [5.74, 6) is 2.88. The molecule has 3 rings (SSSR count). The number of ether oxygens (including phenoxy) is 1. The standard InChI is InChI=1S/C15H16N4O2/c1-3-13-16-7-8-19(13)10-14-17-15(18-21-14)11-5-4-6-12(9-11)20-2/h4-9H,3,10H2,1-2H3. The number of benzene rings is 1. The molecule has 0 spiro atoms. The number of imidazole rings is 1. The van der Waals surface area contributed by atoms with E-state index in [1.54, 1.807) is 13.3 Å². The molecule has 0 aliphatic carbocycles.